The summed E-state index contributed by atoms with van der Waals surface area (Å²) in [6, 6.07) is 17.9. The van der Waals surface area contributed by atoms with Crippen molar-refractivity contribution in [3.63, 3.8) is 0 Å². The van der Waals surface area contributed by atoms with Crippen LogP contribution in [-0.2, 0) is 4.74 Å². The molecule has 0 N–H and O–H groups in total. The van der Waals surface area contributed by atoms with Crippen molar-refractivity contribution in [2.45, 2.75) is 18.9 Å². The molecule has 3 aromatic heterocycles. The second-order valence-corrected chi connectivity index (χ2v) is 9.58. The summed E-state index contributed by atoms with van der Waals surface area (Å²) in [6.07, 6.45) is 5.05. The Morgan fingerprint density at radius 3 is 2.51 bits per heavy atom. The van der Waals surface area contributed by atoms with E-state index in [0.717, 1.165) is 12.8 Å². The number of hydrogen-bond donors (Lipinski definition) is 0. The van der Waals surface area contributed by atoms with E-state index in [9.17, 15) is 14.0 Å². The van der Waals surface area contributed by atoms with Gasteiger partial charge in [0.05, 0.1) is 12.5 Å². The quantitative estimate of drug-likeness (QED) is 0.216. The van der Waals surface area contributed by atoms with E-state index in [2.05, 4.69) is 9.97 Å². The Morgan fingerprint density at radius 1 is 1.03 bits per heavy atom. The third kappa shape index (κ3) is 4.64. The molecule has 0 radical (unpaired) electrons. The van der Waals surface area contributed by atoms with Crippen LogP contribution >= 0.6 is 11.6 Å². The monoisotopic (exact) mass is 541 g/mol. The largest absolute Gasteiger partial charge is 0.465 e. The number of halogens is 2. The number of amides is 1. The van der Waals surface area contributed by atoms with E-state index in [1.165, 1.54) is 31.4 Å². The number of methoxy groups -OCH3 is 1. The van der Waals surface area contributed by atoms with Gasteiger partial charge in [-0.25, -0.2) is 19.2 Å². The summed E-state index contributed by atoms with van der Waals surface area (Å²) in [5, 5.41) is 0.810. The Bertz CT molecular complexity index is 1720. The van der Waals surface area contributed by atoms with E-state index in [1.807, 2.05) is 18.2 Å². The molecule has 0 saturated heterocycles. The third-order valence-corrected chi connectivity index (χ3v) is 6.92. The molecule has 0 aliphatic heterocycles. The van der Waals surface area contributed by atoms with Crippen molar-refractivity contribution < 1.29 is 23.1 Å². The van der Waals surface area contributed by atoms with Crippen molar-refractivity contribution in [1.29, 1.82) is 0 Å². The molecule has 1 amide bonds. The van der Waals surface area contributed by atoms with Gasteiger partial charge in [-0.2, -0.15) is 0 Å². The second kappa shape index (κ2) is 9.96. The minimum atomic E-state index is -0.627. The molecule has 9 heteroatoms. The highest BCUT2D eigenvalue weighted by atomic mass is 35.5. The number of furan rings is 1. The Hall–Kier alpha value is -4.56. The van der Waals surface area contributed by atoms with Gasteiger partial charge < -0.3 is 9.15 Å². The van der Waals surface area contributed by atoms with Crippen LogP contribution in [-0.4, -0.2) is 35.0 Å². The standard InChI is InChI=1S/C30H21ClFN3O4/c1-38-30(37)26-23-15-19(16-34-28(23)39-27(26)17-5-8-20(32)9-6-17)22-14-18(7-12-24(22)31)29(36)35(21-10-11-21)25-4-2-3-13-33-25/h2-9,12-16,21H,10-11H2,1H3. The fourth-order valence-electron chi connectivity index (χ4n) is 4.54. The Morgan fingerprint density at radius 2 is 1.82 bits per heavy atom. The molecule has 1 saturated carbocycles. The zero-order valence-electron chi connectivity index (χ0n) is 20.7. The van der Waals surface area contributed by atoms with Crippen LogP contribution in [0.5, 0.6) is 0 Å². The van der Waals surface area contributed by atoms with E-state index in [0.29, 0.717) is 38.5 Å². The first-order chi connectivity index (χ1) is 18.9. The molecule has 0 bridgehead atoms. The molecule has 5 aromatic rings. The highest BCUT2D eigenvalue weighted by Gasteiger charge is 2.35. The van der Waals surface area contributed by atoms with Crippen molar-refractivity contribution in [1.82, 2.24) is 9.97 Å². The number of carbonyl (C=O) groups is 2. The average molecular weight is 542 g/mol. The number of esters is 1. The van der Waals surface area contributed by atoms with Gasteiger partial charge in [0.25, 0.3) is 5.91 Å². The zero-order valence-corrected chi connectivity index (χ0v) is 21.5. The molecule has 0 unspecified atom stereocenters. The molecule has 7 nitrogen and oxygen atoms in total. The van der Waals surface area contributed by atoms with Gasteiger partial charge in [0.15, 0.2) is 5.76 Å². The first-order valence-electron chi connectivity index (χ1n) is 12.3. The summed E-state index contributed by atoms with van der Waals surface area (Å²) >= 11 is 6.59. The molecular weight excluding hydrogens is 521 g/mol. The fraction of sp³-hybridized carbons (Fsp3) is 0.133. The molecule has 3 heterocycles. The normalized spacial score (nSPS) is 12.9. The zero-order chi connectivity index (χ0) is 27.1. The van der Waals surface area contributed by atoms with E-state index < -0.39 is 11.8 Å². The van der Waals surface area contributed by atoms with E-state index in [-0.39, 0.29) is 29.0 Å². The molecular formula is C30H21ClFN3O4. The van der Waals surface area contributed by atoms with Crippen molar-refractivity contribution in [2.24, 2.45) is 0 Å². The van der Waals surface area contributed by atoms with E-state index >= 15 is 0 Å². The first kappa shape index (κ1) is 24.8. The third-order valence-electron chi connectivity index (χ3n) is 6.59. The number of aromatic nitrogens is 2. The van der Waals surface area contributed by atoms with Crippen LogP contribution in [0.2, 0.25) is 5.02 Å². The van der Waals surface area contributed by atoms with Crippen LogP contribution in [0, 0.1) is 5.82 Å². The summed E-state index contributed by atoms with van der Waals surface area (Å²) in [6.45, 7) is 0. The van der Waals surface area contributed by atoms with Crippen molar-refractivity contribution >= 4 is 40.4 Å². The second-order valence-electron chi connectivity index (χ2n) is 9.17. The average Bonchev–Trinajstić information content (AvgIpc) is 3.72. The highest BCUT2D eigenvalue weighted by molar-refractivity contribution is 6.33. The van der Waals surface area contributed by atoms with Gasteiger partial charge in [-0.1, -0.05) is 17.7 Å². The molecule has 1 aliphatic carbocycles. The van der Waals surface area contributed by atoms with Crippen molar-refractivity contribution in [3.05, 3.63) is 101 Å². The lowest BCUT2D eigenvalue weighted by Crippen LogP contribution is -2.33. The van der Waals surface area contributed by atoms with Gasteiger partial charge in [0.1, 0.15) is 17.2 Å². The molecule has 6 rings (SSSR count). The molecule has 0 spiro atoms. The van der Waals surface area contributed by atoms with Crippen LogP contribution < -0.4 is 4.90 Å². The van der Waals surface area contributed by atoms with Gasteiger partial charge in [-0.3, -0.25) is 9.69 Å². The number of benzene rings is 2. The summed E-state index contributed by atoms with van der Waals surface area (Å²) in [5.74, 6) is -0.411. The van der Waals surface area contributed by atoms with Crippen LogP contribution in [0.25, 0.3) is 33.6 Å². The number of rotatable bonds is 6. The smallest absolute Gasteiger partial charge is 0.342 e. The van der Waals surface area contributed by atoms with Crippen LogP contribution in [0.1, 0.15) is 33.6 Å². The molecule has 194 valence electrons. The summed E-state index contributed by atoms with van der Waals surface area (Å²) < 4.78 is 24.4. The highest BCUT2D eigenvalue weighted by Crippen LogP contribution is 2.38. The lowest BCUT2D eigenvalue weighted by molar-refractivity contribution is 0.0603. The predicted octanol–water partition coefficient (Wildman–Crippen LogP) is 6.95. The van der Waals surface area contributed by atoms with E-state index in [1.54, 1.807) is 41.6 Å². The minimum Gasteiger partial charge on any atom is -0.465 e. The number of fused-ring (bicyclic) bond motifs is 1. The lowest BCUT2D eigenvalue weighted by Gasteiger charge is -2.22. The lowest BCUT2D eigenvalue weighted by atomic mass is 10.0. The predicted molar refractivity (Wildman–Crippen MR) is 145 cm³/mol. The number of pyridine rings is 2. The minimum absolute atomic E-state index is 0.1000. The number of carbonyl (C=O) groups excluding carboxylic acids is 2. The number of nitrogens with zero attached hydrogens (tertiary/aromatic N) is 3. The Balaban J connectivity index is 1.44. The fourth-order valence-corrected chi connectivity index (χ4v) is 4.77. The molecule has 2 aromatic carbocycles. The number of ether oxygens (including phenoxy) is 1. The topological polar surface area (TPSA) is 85.5 Å². The van der Waals surface area contributed by atoms with E-state index in [4.69, 9.17) is 20.8 Å². The summed E-state index contributed by atoms with van der Waals surface area (Å²) in [7, 11) is 1.27. The summed E-state index contributed by atoms with van der Waals surface area (Å²) in [5.41, 5.74) is 2.45. The Kier molecular flexibility index (Phi) is 6.32. The van der Waals surface area contributed by atoms with Crippen molar-refractivity contribution in [2.75, 3.05) is 12.0 Å². The molecule has 1 aliphatic rings. The number of hydrogen-bond acceptors (Lipinski definition) is 6. The van der Waals surface area contributed by atoms with Crippen LogP contribution in [0.3, 0.4) is 0 Å². The first-order valence-corrected chi connectivity index (χ1v) is 12.6. The van der Waals surface area contributed by atoms with Gasteiger partial charge >= 0.3 is 5.97 Å². The van der Waals surface area contributed by atoms with Crippen LogP contribution in [0.15, 0.2) is 83.5 Å². The van der Waals surface area contributed by atoms with Gasteiger partial charge in [0, 0.05) is 45.7 Å². The van der Waals surface area contributed by atoms with Crippen LogP contribution in [0.4, 0.5) is 10.2 Å². The number of anilines is 1. The van der Waals surface area contributed by atoms with Gasteiger partial charge in [-0.05, 0) is 73.5 Å². The molecule has 1 fully saturated rings. The van der Waals surface area contributed by atoms with Gasteiger partial charge in [-0.15, -0.1) is 0 Å². The maximum Gasteiger partial charge on any atom is 0.342 e. The van der Waals surface area contributed by atoms with Crippen molar-refractivity contribution in [3.8, 4) is 22.5 Å². The SMILES string of the molecule is COC(=O)c1c(-c2ccc(F)cc2)oc2ncc(-c3cc(C(=O)N(c4ccccn4)C4CC4)ccc3Cl)cc12. The molecule has 0 atom stereocenters. The maximum atomic E-state index is 13.6. The Labute approximate surface area is 227 Å². The summed E-state index contributed by atoms with van der Waals surface area (Å²) in [4.78, 5) is 37.0. The maximum absolute atomic E-state index is 13.6. The van der Waals surface area contributed by atoms with Gasteiger partial charge in [0.2, 0.25) is 5.71 Å². The molecule has 39 heavy (non-hydrogen) atoms.